The van der Waals surface area contributed by atoms with E-state index in [0.717, 1.165) is 4.88 Å². The van der Waals surface area contributed by atoms with E-state index in [9.17, 15) is 19.7 Å². The van der Waals surface area contributed by atoms with E-state index in [1.165, 1.54) is 29.5 Å². The molecule has 2 aromatic rings. The van der Waals surface area contributed by atoms with Gasteiger partial charge in [-0.2, -0.15) is 0 Å². The number of anilines is 1. The summed E-state index contributed by atoms with van der Waals surface area (Å²) in [4.78, 5) is 35.7. The van der Waals surface area contributed by atoms with Gasteiger partial charge in [0.05, 0.1) is 16.5 Å². The van der Waals surface area contributed by atoms with Crippen molar-refractivity contribution in [2.75, 3.05) is 5.32 Å². The van der Waals surface area contributed by atoms with Gasteiger partial charge in [0.2, 0.25) is 0 Å². The molecule has 1 aromatic heterocycles. The smallest absolute Gasteiger partial charge is 0.319 e. The predicted molar refractivity (Wildman–Crippen MR) is 93.2 cm³/mol. The summed E-state index contributed by atoms with van der Waals surface area (Å²) in [5.41, 5.74) is 0.980. The minimum absolute atomic E-state index is 0.117. The van der Waals surface area contributed by atoms with Gasteiger partial charge in [-0.25, -0.2) is 4.79 Å². The second-order valence-corrected chi connectivity index (χ2v) is 6.33. The fourth-order valence-electron chi connectivity index (χ4n) is 2.56. The number of non-ortho nitro benzene ring substituents is 1. The van der Waals surface area contributed by atoms with Crippen LogP contribution in [-0.4, -0.2) is 16.9 Å². The molecule has 8 nitrogen and oxygen atoms in total. The lowest BCUT2D eigenvalue weighted by Crippen LogP contribution is -2.45. The zero-order chi connectivity index (χ0) is 18.0. The number of allylic oxidation sites excluding steroid dienone is 1. The van der Waals surface area contributed by atoms with Gasteiger partial charge in [0.1, 0.15) is 0 Å². The van der Waals surface area contributed by atoms with Crippen molar-refractivity contribution in [2.24, 2.45) is 0 Å². The van der Waals surface area contributed by atoms with E-state index in [0.29, 0.717) is 17.0 Å². The van der Waals surface area contributed by atoms with Crippen LogP contribution < -0.4 is 16.0 Å². The van der Waals surface area contributed by atoms with Crippen LogP contribution in [0.1, 0.15) is 17.8 Å². The highest BCUT2D eigenvalue weighted by Gasteiger charge is 2.31. The number of thiophene rings is 1. The first-order valence-electron chi connectivity index (χ1n) is 7.33. The van der Waals surface area contributed by atoms with E-state index in [-0.39, 0.29) is 11.7 Å². The van der Waals surface area contributed by atoms with Crippen molar-refractivity contribution < 1.29 is 14.5 Å². The average molecular weight is 358 g/mol. The molecule has 0 saturated carbocycles. The number of nitro groups is 1. The summed E-state index contributed by atoms with van der Waals surface area (Å²) in [5, 5.41) is 20.7. The zero-order valence-electron chi connectivity index (χ0n) is 13.1. The maximum absolute atomic E-state index is 12.7. The lowest BCUT2D eigenvalue weighted by atomic mass is 10.0. The number of nitrogens with zero attached hydrogens (tertiary/aromatic N) is 1. The molecular weight excluding hydrogens is 344 g/mol. The first kappa shape index (κ1) is 16.7. The summed E-state index contributed by atoms with van der Waals surface area (Å²) in [6.07, 6.45) is 0. The van der Waals surface area contributed by atoms with E-state index in [2.05, 4.69) is 16.0 Å². The van der Waals surface area contributed by atoms with E-state index in [1.54, 1.807) is 13.0 Å². The summed E-state index contributed by atoms with van der Waals surface area (Å²) in [6, 6.07) is 8.38. The van der Waals surface area contributed by atoms with E-state index < -0.39 is 16.9 Å². The lowest BCUT2D eigenvalue weighted by Gasteiger charge is -2.27. The molecule has 3 amide bonds. The Morgan fingerprint density at radius 2 is 2.12 bits per heavy atom. The van der Waals surface area contributed by atoms with Crippen molar-refractivity contribution in [1.29, 1.82) is 0 Å². The second kappa shape index (κ2) is 6.73. The molecule has 0 spiro atoms. The fourth-order valence-corrected chi connectivity index (χ4v) is 3.34. The van der Waals surface area contributed by atoms with E-state index in [1.807, 2.05) is 17.5 Å². The monoisotopic (exact) mass is 358 g/mol. The molecule has 1 atom stereocenters. The average Bonchev–Trinajstić information content (AvgIpc) is 3.08. The molecule has 1 aliphatic rings. The van der Waals surface area contributed by atoms with Crippen molar-refractivity contribution in [2.45, 2.75) is 13.0 Å². The number of rotatable bonds is 4. The maximum Gasteiger partial charge on any atom is 0.319 e. The fraction of sp³-hybridized carbons (Fsp3) is 0.125. The number of amides is 3. The van der Waals surface area contributed by atoms with Gasteiger partial charge in [-0.15, -0.1) is 11.3 Å². The normalized spacial score (nSPS) is 16.8. The summed E-state index contributed by atoms with van der Waals surface area (Å²) < 4.78 is 0. The molecule has 3 N–H and O–H groups in total. The molecule has 0 aliphatic carbocycles. The van der Waals surface area contributed by atoms with E-state index >= 15 is 0 Å². The first-order chi connectivity index (χ1) is 12.0. The Kier molecular flexibility index (Phi) is 4.48. The van der Waals surface area contributed by atoms with Crippen LogP contribution in [-0.2, 0) is 4.79 Å². The van der Waals surface area contributed by atoms with Gasteiger partial charge in [0.25, 0.3) is 11.6 Å². The van der Waals surface area contributed by atoms with Crippen LogP contribution in [0.4, 0.5) is 16.2 Å². The molecule has 2 heterocycles. The SMILES string of the molecule is CC1=C(C(=O)Nc2cccc([N+](=O)[O-])c2)[C@@H](c2cccs2)NC(=O)N1. The number of hydrogen-bond acceptors (Lipinski definition) is 5. The summed E-state index contributed by atoms with van der Waals surface area (Å²) in [6.45, 7) is 1.64. The van der Waals surface area contributed by atoms with Gasteiger partial charge >= 0.3 is 6.03 Å². The van der Waals surface area contributed by atoms with Crippen LogP contribution in [0.2, 0.25) is 0 Å². The van der Waals surface area contributed by atoms with Crippen molar-refractivity contribution in [3.05, 3.63) is 68.0 Å². The number of hydrogen-bond donors (Lipinski definition) is 3. The topological polar surface area (TPSA) is 113 Å². The Morgan fingerprint density at radius 3 is 2.80 bits per heavy atom. The minimum atomic E-state index is -0.576. The molecule has 3 rings (SSSR count). The van der Waals surface area contributed by atoms with Crippen LogP contribution in [0, 0.1) is 10.1 Å². The molecule has 1 aliphatic heterocycles. The van der Waals surface area contributed by atoms with E-state index in [4.69, 9.17) is 0 Å². The molecule has 1 aromatic carbocycles. The van der Waals surface area contributed by atoms with Crippen LogP contribution in [0.25, 0.3) is 0 Å². The van der Waals surface area contributed by atoms with Crippen LogP contribution in [0.5, 0.6) is 0 Å². The minimum Gasteiger partial charge on any atom is -0.326 e. The van der Waals surface area contributed by atoms with Crippen molar-refractivity contribution in [1.82, 2.24) is 10.6 Å². The number of nitro benzene ring substituents is 1. The third-order valence-electron chi connectivity index (χ3n) is 3.66. The molecule has 25 heavy (non-hydrogen) atoms. The highest BCUT2D eigenvalue weighted by molar-refractivity contribution is 7.10. The van der Waals surface area contributed by atoms with Gasteiger partial charge in [0, 0.05) is 28.4 Å². The second-order valence-electron chi connectivity index (χ2n) is 5.35. The predicted octanol–water partition coefficient (Wildman–Crippen LogP) is 2.92. The molecule has 0 radical (unpaired) electrons. The summed E-state index contributed by atoms with van der Waals surface area (Å²) in [7, 11) is 0. The van der Waals surface area contributed by atoms with Crippen LogP contribution in [0.15, 0.2) is 53.0 Å². The Balaban J connectivity index is 1.91. The molecule has 0 fully saturated rings. The number of carbonyl (C=O) groups excluding carboxylic acids is 2. The summed E-state index contributed by atoms with van der Waals surface area (Å²) in [5.74, 6) is -0.441. The van der Waals surface area contributed by atoms with Crippen LogP contribution >= 0.6 is 11.3 Å². The number of benzene rings is 1. The summed E-state index contributed by atoms with van der Waals surface area (Å²) >= 11 is 1.42. The largest absolute Gasteiger partial charge is 0.326 e. The van der Waals surface area contributed by atoms with Crippen molar-refractivity contribution >= 4 is 34.6 Å². The first-order valence-corrected chi connectivity index (χ1v) is 8.21. The Hall–Kier alpha value is -3.20. The molecule has 9 heteroatoms. The van der Waals surface area contributed by atoms with Crippen molar-refractivity contribution in [3.8, 4) is 0 Å². The maximum atomic E-state index is 12.7. The number of nitrogens with one attached hydrogen (secondary N) is 3. The molecule has 128 valence electrons. The highest BCUT2D eigenvalue weighted by Crippen LogP contribution is 2.30. The van der Waals surface area contributed by atoms with Gasteiger partial charge in [-0.05, 0) is 24.4 Å². The Labute approximate surface area is 146 Å². The van der Waals surface area contributed by atoms with Crippen molar-refractivity contribution in [3.63, 3.8) is 0 Å². The molecular formula is C16H14N4O4S. The highest BCUT2D eigenvalue weighted by atomic mass is 32.1. The Morgan fingerprint density at radius 1 is 1.32 bits per heavy atom. The molecule has 0 unspecified atom stereocenters. The van der Waals surface area contributed by atoms with Gasteiger partial charge < -0.3 is 16.0 Å². The zero-order valence-corrected chi connectivity index (χ0v) is 13.9. The van der Waals surface area contributed by atoms with Gasteiger partial charge in [0.15, 0.2) is 0 Å². The van der Waals surface area contributed by atoms with Crippen LogP contribution in [0.3, 0.4) is 0 Å². The van der Waals surface area contributed by atoms with Gasteiger partial charge in [-0.3, -0.25) is 14.9 Å². The third-order valence-corrected chi connectivity index (χ3v) is 4.59. The lowest BCUT2D eigenvalue weighted by molar-refractivity contribution is -0.384. The molecule has 0 bridgehead atoms. The standard InChI is InChI=1S/C16H14N4O4S/c1-9-13(14(19-16(22)17-9)12-6-3-7-25-12)15(21)18-10-4-2-5-11(8-10)20(23)24/h2-8,14H,1H3,(H,18,21)(H2,17,19,22)/t14-/m1/s1. The Bertz CT molecular complexity index is 876. The number of carbonyl (C=O) groups is 2. The third kappa shape index (κ3) is 3.50. The molecule has 0 saturated heterocycles. The number of urea groups is 1. The van der Waals surface area contributed by atoms with Gasteiger partial charge in [-0.1, -0.05) is 12.1 Å². The quantitative estimate of drug-likeness (QED) is 0.576.